The van der Waals surface area contributed by atoms with E-state index in [1.54, 1.807) is 6.92 Å². The Balaban J connectivity index is 3.43. The largest absolute Gasteiger partial charge is 0.271 e. The van der Waals surface area contributed by atoms with Crippen molar-refractivity contribution in [3.63, 3.8) is 0 Å². The van der Waals surface area contributed by atoms with Crippen molar-refractivity contribution in [1.82, 2.24) is 0 Å². The van der Waals surface area contributed by atoms with Gasteiger partial charge in [-0.2, -0.15) is 0 Å². The lowest BCUT2D eigenvalue weighted by atomic mass is 10.2. The van der Waals surface area contributed by atoms with Crippen molar-refractivity contribution in [1.29, 1.82) is 0 Å². The van der Waals surface area contributed by atoms with E-state index in [1.165, 1.54) is 12.1 Å². The summed E-state index contributed by atoms with van der Waals surface area (Å²) in [6.07, 6.45) is 0. The van der Waals surface area contributed by atoms with Crippen LogP contribution in [0.25, 0.3) is 0 Å². The number of hydrogen-bond donors (Lipinski definition) is 0. The summed E-state index contributed by atoms with van der Waals surface area (Å²) in [4.78, 5) is 9.47. The van der Waals surface area contributed by atoms with Gasteiger partial charge in [0.2, 0.25) is 0 Å². The Hall–Kier alpha value is -1.14. The zero-order valence-corrected chi connectivity index (χ0v) is 8.67. The Bertz CT molecular complexity index is 482. The molecule has 0 aliphatic heterocycles. The van der Waals surface area contributed by atoms with Gasteiger partial charge in [-0.05, 0) is 18.6 Å². The maximum Gasteiger partial charge on any atom is 0.271 e. The van der Waals surface area contributed by atoms with Gasteiger partial charge >= 0.3 is 0 Å². The Morgan fingerprint density at radius 3 is 2.36 bits per heavy atom. The molecule has 0 spiro atoms. The van der Waals surface area contributed by atoms with Crippen molar-refractivity contribution >= 4 is 25.4 Å². The third-order valence-electron chi connectivity index (χ3n) is 1.53. The minimum atomic E-state index is -3.91. The molecule has 0 saturated heterocycles. The normalized spacial score (nSPS) is 11.3. The van der Waals surface area contributed by atoms with E-state index in [4.69, 9.17) is 10.7 Å². The van der Waals surface area contributed by atoms with Crippen molar-refractivity contribution in [3.05, 3.63) is 33.9 Å². The fourth-order valence-electron chi connectivity index (χ4n) is 0.975. The van der Waals surface area contributed by atoms with Crippen LogP contribution in [-0.4, -0.2) is 13.3 Å². The maximum atomic E-state index is 10.9. The molecule has 1 aromatic carbocycles. The van der Waals surface area contributed by atoms with Gasteiger partial charge in [0.25, 0.3) is 14.7 Å². The summed E-state index contributed by atoms with van der Waals surface area (Å²) in [6.45, 7) is 1.55. The van der Waals surface area contributed by atoms with Gasteiger partial charge in [0, 0.05) is 22.8 Å². The van der Waals surface area contributed by atoms with Gasteiger partial charge in [-0.15, -0.1) is 0 Å². The highest BCUT2D eigenvalue weighted by molar-refractivity contribution is 8.13. The zero-order valence-electron chi connectivity index (χ0n) is 7.10. The van der Waals surface area contributed by atoms with Gasteiger partial charge in [-0.1, -0.05) is 0 Å². The molecule has 0 saturated carbocycles. The van der Waals surface area contributed by atoms with Crippen LogP contribution in [0.3, 0.4) is 0 Å². The molecule has 0 aliphatic carbocycles. The molecule has 1 aromatic rings. The van der Waals surface area contributed by atoms with Crippen molar-refractivity contribution < 1.29 is 13.3 Å². The second-order valence-corrected chi connectivity index (χ2v) is 5.27. The fraction of sp³-hybridized carbons (Fsp3) is 0.143. The lowest BCUT2D eigenvalue weighted by molar-refractivity contribution is -0.385. The Labute approximate surface area is 84.9 Å². The van der Waals surface area contributed by atoms with E-state index in [-0.39, 0.29) is 10.6 Å². The highest BCUT2D eigenvalue weighted by Crippen LogP contribution is 2.22. The molecule has 7 heteroatoms. The number of hydrogen-bond acceptors (Lipinski definition) is 4. The molecule has 0 fully saturated rings. The van der Waals surface area contributed by atoms with E-state index in [1.807, 2.05) is 0 Å². The average molecular weight is 236 g/mol. The first-order chi connectivity index (χ1) is 6.30. The monoisotopic (exact) mass is 235 g/mol. The van der Waals surface area contributed by atoms with E-state index < -0.39 is 14.0 Å². The lowest BCUT2D eigenvalue weighted by Crippen LogP contribution is -1.95. The van der Waals surface area contributed by atoms with Crippen molar-refractivity contribution in [2.45, 2.75) is 11.8 Å². The Morgan fingerprint density at radius 1 is 1.36 bits per heavy atom. The standard InChI is InChI=1S/C7H6ClNO4S/c1-5-2-6(9(10)11)4-7(3-5)14(8,12)13/h2-4H,1H3. The fourth-order valence-corrected chi connectivity index (χ4v) is 1.83. The molecular formula is C7H6ClNO4S. The van der Waals surface area contributed by atoms with Gasteiger partial charge in [0.15, 0.2) is 0 Å². The number of nitro benzene ring substituents is 1. The summed E-state index contributed by atoms with van der Waals surface area (Å²) in [7, 11) is 1.14. The van der Waals surface area contributed by atoms with E-state index in [9.17, 15) is 18.5 Å². The van der Waals surface area contributed by atoms with Crippen LogP contribution in [0, 0.1) is 17.0 Å². The first-order valence-electron chi connectivity index (χ1n) is 3.51. The van der Waals surface area contributed by atoms with Crippen molar-refractivity contribution in [3.8, 4) is 0 Å². The van der Waals surface area contributed by atoms with Gasteiger partial charge in [-0.3, -0.25) is 10.1 Å². The van der Waals surface area contributed by atoms with Crippen LogP contribution < -0.4 is 0 Å². The summed E-state index contributed by atoms with van der Waals surface area (Å²) in [6, 6.07) is 3.47. The van der Waals surface area contributed by atoms with Gasteiger partial charge in [-0.25, -0.2) is 8.42 Å². The second-order valence-electron chi connectivity index (χ2n) is 2.70. The van der Waals surface area contributed by atoms with Crippen LogP contribution in [0.1, 0.15) is 5.56 Å². The quantitative estimate of drug-likeness (QED) is 0.445. The molecular weight excluding hydrogens is 230 g/mol. The van der Waals surface area contributed by atoms with E-state index in [2.05, 4.69) is 0 Å². The first-order valence-corrected chi connectivity index (χ1v) is 5.82. The summed E-state index contributed by atoms with van der Waals surface area (Å²) < 4.78 is 21.8. The molecule has 0 heterocycles. The van der Waals surface area contributed by atoms with Gasteiger partial charge < -0.3 is 0 Å². The number of benzene rings is 1. The summed E-state index contributed by atoms with van der Waals surface area (Å²) in [5.74, 6) is 0. The predicted molar refractivity (Wildman–Crippen MR) is 50.9 cm³/mol. The van der Waals surface area contributed by atoms with Crippen molar-refractivity contribution in [2.24, 2.45) is 0 Å². The third kappa shape index (κ3) is 2.43. The topological polar surface area (TPSA) is 77.3 Å². The molecule has 76 valence electrons. The highest BCUT2D eigenvalue weighted by Gasteiger charge is 2.15. The maximum absolute atomic E-state index is 10.9. The number of non-ortho nitro benzene ring substituents is 1. The van der Waals surface area contributed by atoms with Crippen LogP contribution in [0.15, 0.2) is 23.1 Å². The minimum Gasteiger partial charge on any atom is -0.258 e. The molecule has 0 unspecified atom stereocenters. The number of nitrogens with zero attached hydrogens (tertiary/aromatic N) is 1. The third-order valence-corrected chi connectivity index (χ3v) is 2.86. The molecule has 0 bridgehead atoms. The first kappa shape index (κ1) is 10.9. The van der Waals surface area contributed by atoms with Crippen LogP contribution in [0.4, 0.5) is 5.69 Å². The zero-order chi connectivity index (χ0) is 10.9. The number of aryl methyl sites for hydroxylation is 1. The summed E-state index contributed by atoms with van der Waals surface area (Å²) >= 11 is 0. The van der Waals surface area contributed by atoms with Crippen LogP contribution >= 0.6 is 10.7 Å². The Morgan fingerprint density at radius 2 is 1.93 bits per heavy atom. The lowest BCUT2D eigenvalue weighted by Gasteiger charge is -1.98. The average Bonchev–Trinajstić information content (AvgIpc) is 2.01. The van der Waals surface area contributed by atoms with E-state index in [0.29, 0.717) is 5.56 Å². The number of rotatable bonds is 2. The molecule has 0 radical (unpaired) electrons. The molecule has 0 atom stereocenters. The van der Waals surface area contributed by atoms with Crippen LogP contribution in [0.2, 0.25) is 0 Å². The molecule has 14 heavy (non-hydrogen) atoms. The summed E-state index contributed by atoms with van der Waals surface area (Å²) in [5, 5.41) is 10.4. The predicted octanol–water partition coefficient (Wildman–Crippen LogP) is 1.83. The van der Waals surface area contributed by atoms with E-state index in [0.717, 1.165) is 6.07 Å². The van der Waals surface area contributed by atoms with Gasteiger partial charge in [0.05, 0.1) is 9.82 Å². The van der Waals surface area contributed by atoms with Crippen LogP contribution in [-0.2, 0) is 9.05 Å². The summed E-state index contributed by atoms with van der Waals surface area (Å²) in [5.41, 5.74) is 0.183. The van der Waals surface area contributed by atoms with Crippen LogP contribution in [0.5, 0.6) is 0 Å². The smallest absolute Gasteiger partial charge is 0.258 e. The molecule has 0 amide bonds. The van der Waals surface area contributed by atoms with E-state index >= 15 is 0 Å². The molecule has 0 N–H and O–H groups in total. The minimum absolute atomic E-state index is 0.258. The second kappa shape index (κ2) is 3.55. The number of halogens is 1. The SMILES string of the molecule is Cc1cc([N+](=O)[O-])cc(S(=O)(=O)Cl)c1. The number of nitro groups is 1. The van der Waals surface area contributed by atoms with Crippen molar-refractivity contribution in [2.75, 3.05) is 0 Å². The van der Waals surface area contributed by atoms with Gasteiger partial charge in [0.1, 0.15) is 0 Å². The highest BCUT2D eigenvalue weighted by atomic mass is 35.7. The molecule has 0 aromatic heterocycles. The Kier molecular flexibility index (Phi) is 2.77. The molecule has 5 nitrogen and oxygen atoms in total. The molecule has 0 aliphatic rings. The molecule has 1 rings (SSSR count).